The summed E-state index contributed by atoms with van der Waals surface area (Å²) < 4.78 is 11.8. The van der Waals surface area contributed by atoms with E-state index < -0.39 is 6.10 Å². The molecule has 0 radical (unpaired) electrons. The van der Waals surface area contributed by atoms with E-state index in [9.17, 15) is 24.6 Å². The molecule has 5 N–H and O–H groups in total. The standard InChI is InChI=1S/C49H57N5O7/c55-44-18-16-41(42-17-19-46(57)52-48(42)44)45(56)28-50-22-23-54(30-35-14-15-35)47(58)21-25-60-24-20-33-10-12-34(13-11-33)29-53-31-37-26-39(27-38(37)32-53)61-49(59)51-43-9-5-4-8-40(43)36-6-2-1-3-7-36/h1-13,16-19,35,37-39,45,50,55-56H,14-15,20-32H2,(H,51,59)(H,52,57)/t37-,38+,39-,45-/m0/s1. The van der Waals surface area contributed by atoms with Gasteiger partial charge in [-0.2, -0.15) is 0 Å². The number of nitrogens with one attached hydrogen (secondary N) is 3. The van der Waals surface area contributed by atoms with Gasteiger partial charge in [-0.15, -0.1) is 0 Å². The van der Waals surface area contributed by atoms with Gasteiger partial charge >= 0.3 is 6.09 Å². The second kappa shape index (κ2) is 19.9. The van der Waals surface area contributed by atoms with E-state index in [1.54, 1.807) is 12.1 Å². The van der Waals surface area contributed by atoms with Crippen molar-refractivity contribution in [3.05, 3.63) is 130 Å². The van der Waals surface area contributed by atoms with Crippen LogP contribution in [0.5, 0.6) is 5.75 Å². The number of amides is 2. The number of ether oxygens (including phenoxy) is 2. The summed E-state index contributed by atoms with van der Waals surface area (Å²) in [5.74, 6) is 1.64. The van der Waals surface area contributed by atoms with Crippen LogP contribution < -0.4 is 16.2 Å². The summed E-state index contributed by atoms with van der Waals surface area (Å²) in [6.45, 7) is 5.91. The summed E-state index contributed by atoms with van der Waals surface area (Å²) in [7, 11) is 0. The van der Waals surface area contributed by atoms with Gasteiger partial charge in [0.25, 0.3) is 0 Å². The number of hydrogen-bond acceptors (Lipinski definition) is 9. The van der Waals surface area contributed by atoms with Crippen molar-refractivity contribution in [2.45, 2.75) is 57.3 Å². The van der Waals surface area contributed by atoms with Crippen LogP contribution in [0.4, 0.5) is 10.5 Å². The van der Waals surface area contributed by atoms with Gasteiger partial charge in [0, 0.05) is 62.8 Å². The number of carbonyl (C=O) groups excluding carboxylic acids is 2. The molecule has 0 unspecified atom stereocenters. The molecule has 3 aliphatic rings. The zero-order valence-electron chi connectivity index (χ0n) is 34.6. The Kier molecular flexibility index (Phi) is 13.8. The van der Waals surface area contributed by atoms with Crippen molar-refractivity contribution in [2.24, 2.45) is 17.8 Å². The van der Waals surface area contributed by atoms with Crippen molar-refractivity contribution >= 4 is 28.6 Å². The quantitative estimate of drug-likeness (QED) is 0.0561. The topological polar surface area (TPSA) is 156 Å². The number of benzene rings is 4. The zero-order chi connectivity index (χ0) is 42.1. The zero-order valence-corrected chi connectivity index (χ0v) is 34.6. The molecule has 2 amide bonds. The third kappa shape index (κ3) is 11.2. The highest BCUT2D eigenvalue weighted by molar-refractivity contribution is 5.91. The molecule has 2 aliphatic carbocycles. The first-order valence-corrected chi connectivity index (χ1v) is 21.8. The molecule has 4 aromatic carbocycles. The van der Waals surface area contributed by atoms with Crippen LogP contribution in [0.15, 0.2) is 108 Å². The maximum atomic E-state index is 13.2. The number of phenolic OH excluding ortho intramolecular Hbond substituents is 1. The lowest BCUT2D eigenvalue weighted by Crippen LogP contribution is -2.39. The number of aromatic hydroxyl groups is 1. The molecule has 12 heteroatoms. The average molecular weight is 828 g/mol. The summed E-state index contributed by atoms with van der Waals surface area (Å²) in [5.41, 5.74) is 5.84. The number of aliphatic hydroxyl groups is 1. The molecular weight excluding hydrogens is 771 g/mol. The molecule has 0 bridgehead atoms. The number of anilines is 1. The van der Waals surface area contributed by atoms with Crippen molar-refractivity contribution in [1.29, 1.82) is 0 Å². The lowest BCUT2D eigenvalue weighted by atomic mass is 10.0. The van der Waals surface area contributed by atoms with Crippen molar-refractivity contribution in [1.82, 2.24) is 20.1 Å². The third-order valence-electron chi connectivity index (χ3n) is 12.4. The van der Waals surface area contributed by atoms with Gasteiger partial charge in [0.1, 0.15) is 11.9 Å². The van der Waals surface area contributed by atoms with Gasteiger partial charge in [0.2, 0.25) is 11.5 Å². The Balaban J connectivity index is 0.705. The molecule has 8 rings (SSSR count). The molecule has 2 heterocycles. The number of hydrogen-bond donors (Lipinski definition) is 5. The Morgan fingerprint density at radius 3 is 2.38 bits per heavy atom. The summed E-state index contributed by atoms with van der Waals surface area (Å²) in [6.07, 6.45) is 3.87. The summed E-state index contributed by atoms with van der Waals surface area (Å²) in [5, 5.41) is 27.9. The first kappa shape index (κ1) is 42.2. The highest BCUT2D eigenvalue weighted by Gasteiger charge is 2.42. The van der Waals surface area contributed by atoms with E-state index in [-0.39, 0.29) is 36.0 Å². The monoisotopic (exact) mass is 827 g/mol. The first-order chi connectivity index (χ1) is 29.8. The number of fused-ring (bicyclic) bond motifs is 2. The van der Waals surface area contributed by atoms with E-state index in [0.717, 1.165) is 75.1 Å². The van der Waals surface area contributed by atoms with E-state index in [1.165, 1.54) is 23.3 Å². The van der Waals surface area contributed by atoms with Crippen molar-refractivity contribution in [3.8, 4) is 16.9 Å². The highest BCUT2D eigenvalue weighted by Crippen LogP contribution is 2.40. The van der Waals surface area contributed by atoms with Crippen LogP contribution in [-0.4, -0.2) is 95.6 Å². The molecule has 4 atom stereocenters. The van der Waals surface area contributed by atoms with Gasteiger partial charge in [-0.05, 0) is 90.3 Å². The van der Waals surface area contributed by atoms with Crippen LogP contribution >= 0.6 is 0 Å². The molecule has 320 valence electrons. The Labute approximate surface area is 356 Å². The van der Waals surface area contributed by atoms with Crippen LogP contribution in [0, 0.1) is 17.8 Å². The second-order valence-electron chi connectivity index (χ2n) is 17.0. The third-order valence-corrected chi connectivity index (χ3v) is 12.4. The van der Waals surface area contributed by atoms with E-state index >= 15 is 0 Å². The van der Waals surface area contributed by atoms with Crippen LogP contribution in [0.3, 0.4) is 0 Å². The Hall–Kier alpha value is -5.53. The summed E-state index contributed by atoms with van der Waals surface area (Å²) >= 11 is 0. The molecule has 12 nitrogen and oxygen atoms in total. The predicted octanol–water partition coefficient (Wildman–Crippen LogP) is 6.87. The van der Waals surface area contributed by atoms with Crippen LogP contribution in [0.2, 0.25) is 0 Å². The molecule has 61 heavy (non-hydrogen) atoms. The fraction of sp³-hybridized carbons (Fsp3) is 0.408. The van der Waals surface area contributed by atoms with Crippen molar-refractivity contribution < 1.29 is 29.3 Å². The van der Waals surface area contributed by atoms with Crippen LogP contribution in [0.25, 0.3) is 22.0 Å². The molecule has 1 saturated heterocycles. The van der Waals surface area contributed by atoms with Gasteiger partial charge in [0.15, 0.2) is 0 Å². The highest BCUT2D eigenvalue weighted by atomic mass is 16.6. The number of nitrogens with zero attached hydrogens (tertiary/aromatic N) is 2. The van der Waals surface area contributed by atoms with E-state index in [4.69, 9.17) is 9.47 Å². The van der Waals surface area contributed by atoms with Crippen LogP contribution in [0.1, 0.15) is 54.9 Å². The Morgan fingerprint density at radius 1 is 0.869 bits per heavy atom. The van der Waals surface area contributed by atoms with Gasteiger partial charge in [0.05, 0.1) is 36.9 Å². The largest absolute Gasteiger partial charge is 0.506 e. The van der Waals surface area contributed by atoms with Crippen molar-refractivity contribution in [3.63, 3.8) is 0 Å². The number of aromatic amines is 1. The molecule has 1 aromatic heterocycles. The van der Waals surface area contributed by atoms with E-state index in [2.05, 4.69) is 44.8 Å². The lowest BCUT2D eigenvalue weighted by Gasteiger charge is -2.23. The number of rotatable bonds is 19. The van der Waals surface area contributed by atoms with Gasteiger partial charge < -0.3 is 34.9 Å². The van der Waals surface area contributed by atoms with Crippen molar-refractivity contribution in [2.75, 3.05) is 57.8 Å². The van der Waals surface area contributed by atoms with Gasteiger partial charge in [-0.25, -0.2) is 4.79 Å². The lowest BCUT2D eigenvalue weighted by molar-refractivity contribution is -0.132. The second-order valence-corrected chi connectivity index (χ2v) is 17.0. The minimum Gasteiger partial charge on any atom is -0.506 e. The average Bonchev–Trinajstić information content (AvgIpc) is 3.91. The number of aromatic nitrogens is 1. The minimum absolute atomic E-state index is 0.0464. The normalized spacial score (nSPS) is 19.1. The Morgan fingerprint density at radius 2 is 1.61 bits per heavy atom. The smallest absolute Gasteiger partial charge is 0.411 e. The number of aliphatic hydroxyl groups excluding tert-OH is 1. The van der Waals surface area contributed by atoms with Gasteiger partial charge in [-0.1, -0.05) is 78.9 Å². The molecule has 1 aliphatic heterocycles. The minimum atomic E-state index is -0.856. The number of phenols is 1. The predicted molar refractivity (Wildman–Crippen MR) is 236 cm³/mol. The Bertz CT molecular complexity index is 2300. The van der Waals surface area contributed by atoms with E-state index in [1.807, 2.05) is 59.5 Å². The van der Waals surface area contributed by atoms with E-state index in [0.29, 0.717) is 66.9 Å². The summed E-state index contributed by atoms with van der Waals surface area (Å²) in [4.78, 5) is 44.9. The number of pyridine rings is 1. The fourth-order valence-electron chi connectivity index (χ4n) is 9.04. The SMILES string of the molecule is O=C(Nc1ccccc1-c1ccccc1)O[C@@H]1C[C@@H]2CN(Cc3ccc(CCOCCC(=O)N(CCNC[C@H](O)c4ccc(O)c5[nH]c(=O)ccc45)CC4CC4)cc3)C[C@@H]2C1. The molecule has 3 fully saturated rings. The maximum Gasteiger partial charge on any atom is 0.411 e. The van der Waals surface area contributed by atoms with Crippen LogP contribution in [-0.2, 0) is 27.2 Å². The molecular formula is C49H57N5O7. The summed E-state index contributed by atoms with van der Waals surface area (Å²) in [6, 6.07) is 32.7. The molecule has 5 aromatic rings. The molecule has 2 saturated carbocycles. The number of H-pyrrole nitrogens is 1. The van der Waals surface area contributed by atoms with Gasteiger partial charge in [-0.3, -0.25) is 19.8 Å². The number of para-hydroxylation sites is 1. The molecule has 0 spiro atoms. The fourth-order valence-corrected chi connectivity index (χ4v) is 9.04. The first-order valence-electron chi connectivity index (χ1n) is 21.8. The number of carbonyl (C=O) groups is 2. The number of likely N-dealkylation sites (tertiary alicyclic amines) is 1. The maximum absolute atomic E-state index is 13.2.